The summed E-state index contributed by atoms with van der Waals surface area (Å²) in [5.41, 5.74) is 5.91. The molecule has 3 N–H and O–H groups in total. The molecule has 5 aromatic rings. The molecule has 6 rings (SSSR count). The third kappa shape index (κ3) is 3.76. The molecule has 6 bridgehead atoms. The van der Waals surface area contributed by atoms with Gasteiger partial charge in [0.2, 0.25) is 0 Å². The van der Waals surface area contributed by atoms with E-state index in [4.69, 9.17) is 11.6 Å². The van der Waals surface area contributed by atoms with Crippen molar-refractivity contribution in [1.29, 1.82) is 0 Å². The highest BCUT2D eigenvalue weighted by molar-refractivity contribution is 6.36. The number of anilines is 8. The number of rotatable bonds is 2. The van der Waals surface area contributed by atoms with Crippen LogP contribution in [0.4, 0.5) is 45.5 Å². The molecule has 1 heterocycles. The SMILES string of the molecule is Oc1ccc2cc1Nc1cc(ccc1O)N(c1ccccc1)c1cccc(c1Cl)N2c1ccccc1. The average molecular weight is 492 g/mol. The average Bonchev–Trinajstić information content (AvgIpc) is 2.90. The Bertz CT molecular complexity index is 1440. The molecule has 0 spiro atoms. The van der Waals surface area contributed by atoms with Crippen molar-refractivity contribution in [1.82, 2.24) is 0 Å². The first-order valence-corrected chi connectivity index (χ1v) is 11.9. The number of phenols is 2. The first kappa shape index (κ1) is 21.9. The minimum Gasteiger partial charge on any atom is -0.506 e. The van der Waals surface area contributed by atoms with E-state index in [1.165, 1.54) is 0 Å². The van der Waals surface area contributed by atoms with Crippen molar-refractivity contribution in [2.45, 2.75) is 0 Å². The first-order valence-electron chi connectivity index (χ1n) is 11.5. The number of hydrogen-bond acceptors (Lipinski definition) is 5. The lowest BCUT2D eigenvalue weighted by Crippen LogP contribution is -2.15. The van der Waals surface area contributed by atoms with E-state index in [0.29, 0.717) is 16.4 Å². The zero-order valence-electron chi connectivity index (χ0n) is 19.1. The number of nitrogens with one attached hydrogen (secondary N) is 1. The first-order chi connectivity index (χ1) is 17.6. The van der Waals surface area contributed by atoms with E-state index in [2.05, 4.69) is 15.1 Å². The maximum atomic E-state index is 10.7. The number of nitrogens with zero attached hydrogens (tertiary/aromatic N) is 2. The van der Waals surface area contributed by atoms with Gasteiger partial charge in [0.15, 0.2) is 0 Å². The lowest BCUT2D eigenvalue weighted by Gasteiger charge is -2.32. The number of fused-ring (bicyclic) bond motifs is 6. The normalized spacial score (nSPS) is 12.4. The van der Waals surface area contributed by atoms with Crippen molar-refractivity contribution in [3.8, 4) is 11.5 Å². The maximum absolute atomic E-state index is 10.7. The van der Waals surface area contributed by atoms with Crippen molar-refractivity contribution >= 4 is 57.1 Å². The molecule has 0 saturated carbocycles. The predicted molar refractivity (Wildman–Crippen MR) is 147 cm³/mol. The van der Waals surface area contributed by atoms with Crippen LogP contribution in [0.25, 0.3) is 0 Å². The second kappa shape index (κ2) is 8.87. The van der Waals surface area contributed by atoms with Crippen LogP contribution in [-0.4, -0.2) is 10.2 Å². The monoisotopic (exact) mass is 491 g/mol. The van der Waals surface area contributed by atoms with Crippen molar-refractivity contribution in [3.63, 3.8) is 0 Å². The number of hydrogen-bond donors (Lipinski definition) is 3. The lowest BCUT2D eigenvalue weighted by molar-refractivity contribution is 0.475. The summed E-state index contributed by atoms with van der Waals surface area (Å²) >= 11 is 7.22. The molecule has 0 radical (unpaired) electrons. The van der Waals surface area contributed by atoms with Crippen molar-refractivity contribution in [3.05, 3.63) is 120 Å². The zero-order chi connectivity index (χ0) is 24.6. The quantitative estimate of drug-likeness (QED) is 0.211. The summed E-state index contributed by atoms with van der Waals surface area (Å²) in [4.78, 5) is 4.10. The van der Waals surface area contributed by atoms with E-state index in [0.717, 1.165) is 34.1 Å². The van der Waals surface area contributed by atoms with Crippen LogP contribution in [0.3, 0.4) is 0 Å². The molecule has 176 valence electrons. The fraction of sp³-hybridized carbons (Fsp3) is 0. The van der Waals surface area contributed by atoms with Gasteiger partial charge in [-0.2, -0.15) is 0 Å². The Hall–Kier alpha value is -4.61. The van der Waals surface area contributed by atoms with Gasteiger partial charge in [0, 0.05) is 22.7 Å². The summed E-state index contributed by atoms with van der Waals surface area (Å²) in [6, 6.07) is 36.5. The van der Waals surface area contributed by atoms with Crippen molar-refractivity contribution in [2.75, 3.05) is 15.1 Å². The van der Waals surface area contributed by atoms with Gasteiger partial charge < -0.3 is 25.3 Å². The smallest absolute Gasteiger partial charge is 0.139 e. The molecule has 0 amide bonds. The highest BCUT2D eigenvalue weighted by atomic mass is 35.5. The van der Waals surface area contributed by atoms with Gasteiger partial charge in [-0.3, -0.25) is 0 Å². The van der Waals surface area contributed by atoms with Crippen LogP contribution >= 0.6 is 11.6 Å². The molecule has 0 unspecified atom stereocenters. The summed E-state index contributed by atoms with van der Waals surface area (Å²) in [5.74, 6) is 0.127. The van der Waals surface area contributed by atoms with Gasteiger partial charge in [-0.15, -0.1) is 0 Å². The third-order valence-corrected chi connectivity index (χ3v) is 6.60. The standard InChI is InChI=1S/C30H22ClN3O2/c31-30-26-12-7-13-27(30)34(21-10-5-2-6-11-21)23-15-17-29(36)25(19-23)32-24-18-22(14-16-28(24)35)33(26)20-8-3-1-4-9-20/h1-19,32,35-36H. The number of benzene rings is 5. The van der Waals surface area contributed by atoms with Crippen molar-refractivity contribution < 1.29 is 10.2 Å². The van der Waals surface area contributed by atoms with Crippen LogP contribution in [0, 0.1) is 0 Å². The Labute approximate surface area is 214 Å². The van der Waals surface area contributed by atoms with Crippen LogP contribution in [0.1, 0.15) is 0 Å². The molecular weight excluding hydrogens is 470 g/mol. The van der Waals surface area contributed by atoms with Gasteiger partial charge in [0.1, 0.15) is 11.5 Å². The fourth-order valence-electron chi connectivity index (χ4n) is 4.53. The molecule has 0 saturated heterocycles. The second-order valence-electron chi connectivity index (χ2n) is 8.48. The van der Waals surface area contributed by atoms with Gasteiger partial charge in [0.25, 0.3) is 0 Å². The van der Waals surface area contributed by atoms with E-state index in [1.54, 1.807) is 12.1 Å². The van der Waals surface area contributed by atoms with Crippen molar-refractivity contribution in [2.24, 2.45) is 0 Å². The van der Waals surface area contributed by atoms with Crippen LogP contribution in [0.5, 0.6) is 11.5 Å². The molecule has 0 atom stereocenters. The minimum absolute atomic E-state index is 0.0633. The summed E-state index contributed by atoms with van der Waals surface area (Å²) in [7, 11) is 0. The third-order valence-electron chi connectivity index (χ3n) is 6.21. The maximum Gasteiger partial charge on any atom is 0.139 e. The van der Waals surface area contributed by atoms with E-state index < -0.39 is 0 Å². The van der Waals surface area contributed by atoms with Crippen LogP contribution in [0.2, 0.25) is 5.02 Å². The molecule has 0 fully saturated rings. The summed E-state index contributed by atoms with van der Waals surface area (Å²) in [5, 5.41) is 25.1. The highest BCUT2D eigenvalue weighted by Crippen LogP contribution is 2.49. The second-order valence-corrected chi connectivity index (χ2v) is 8.86. The molecule has 36 heavy (non-hydrogen) atoms. The molecule has 5 nitrogen and oxygen atoms in total. The Morgan fingerprint density at radius 1 is 0.500 bits per heavy atom. The summed E-state index contributed by atoms with van der Waals surface area (Å²) < 4.78 is 0. The molecule has 5 aromatic carbocycles. The van der Waals surface area contributed by atoms with E-state index in [1.807, 2.05) is 103 Å². The number of halogens is 1. The Morgan fingerprint density at radius 2 is 0.944 bits per heavy atom. The Morgan fingerprint density at radius 3 is 1.39 bits per heavy atom. The van der Waals surface area contributed by atoms with E-state index >= 15 is 0 Å². The van der Waals surface area contributed by atoms with Gasteiger partial charge >= 0.3 is 0 Å². The summed E-state index contributed by atoms with van der Waals surface area (Å²) in [6.45, 7) is 0. The summed E-state index contributed by atoms with van der Waals surface area (Å²) in [6.07, 6.45) is 0. The topological polar surface area (TPSA) is 59.0 Å². The van der Waals surface area contributed by atoms with Gasteiger partial charge in [-0.1, -0.05) is 54.1 Å². The zero-order valence-corrected chi connectivity index (χ0v) is 19.9. The molecular formula is C30H22ClN3O2. The van der Waals surface area contributed by atoms with Gasteiger partial charge in [-0.05, 0) is 72.8 Å². The van der Waals surface area contributed by atoms with Gasteiger partial charge in [-0.25, -0.2) is 0 Å². The minimum atomic E-state index is 0.0633. The number of para-hydroxylation sites is 2. The molecule has 0 aliphatic carbocycles. The van der Waals surface area contributed by atoms with Crippen LogP contribution in [0.15, 0.2) is 115 Å². The number of phenolic OH excluding ortho intramolecular Hbond substituents is 2. The molecule has 6 heteroatoms. The van der Waals surface area contributed by atoms with Crippen LogP contribution in [-0.2, 0) is 0 Å². The Kier molecular flexibility index (Phi) is 5.40. The highest BCUT2D eigenvalue weighted by Gasteiger charge is 2.24. The van der Waals surface area contributed by atoms with E-state index in [9.17, 15) is 10.2 Å². The molecule has 0 aromatic heterocycles. The van der Waals surface area contributed by atoms with Gasteiger partial charge in [0.05, 0.1) is 27.8 Å². The largest absolute Gasteiger partial charge is 0.506 e. The molecule has 1 aliphatic heterocycles. The Balaban J connectivity index is 1.70. The van der Waals surface area contributed by atoms with E-state index in [-0.39, 0.29) is 11.5 Å². The lowest BCUT2D eigenvalue weighted by atomic mass is 10.1. The van der Waals surface area contributed by atoms with Crippen LogP contribution < -0.4 is 15.1 Å². The number of aromatic hydroxyl groups is 2. The predicted octanol–water partition coefficient (Wildman–Crippen LogP) is 8.75. The fourth-order valence-corrected chi connectivity index (χ4v) is 4.83. The molecule has 1 aliphatic rings.